The Balaban J connectivity index is 2.63. The molecule has 0 aliphatic rings. The Bertz CT molecular complexity index is 426. The molecule has 0 aromatic heterocycles. The molecule has 0 spiro atoms. The highest BCUT2D eigenvalue weighted by atomic mass is 16.2. The van der Waals surface area contributed by atoms with Crippen LogP contribution in [-0.2, 0) is 0 Å². The van der Waals surface area contributed by atoms with Crippen molar-refractivity contribution >= 4 is 11.7 Å². The summed E-state index contributed by atoms with van der Waals surface area (Å²) in [4.78, 5) is 14.2. The molecule has 3 N–H and O–H groups in total. The van der Waals surface area contributed by atoms with Crippen molar-refractivity contribution in [3.8, 4) is 0 Å². The fourth-order valence-corrected chi connectivity index (χ4v) is 2.19. The van der Waals surface area contributed by atoms with E-state index < -0.39 is 0 Å². The van der Waals surface area contributed by atoms with Crippen molar-refractivity contribution in [3.63, 3.8) is 0 Å². The van der Waals surface area contributed by atoms with Gasteiger partial charge in [-0.3, -0.25) is 0 Å². The predicted octanol–water partition coefficient (Wildman–Crippen LogP) is 4.14. The van der Waals surface area contributed by atoms with E-state index in [9.17, 15) is 4.79 Å². The molecule has 118 valence electrons. The zero-order chi connectivity index (χ0) is 15.8. The first-order valence-corrected chi connectivity index (χ1v) is 7.88. The lowest BCUT2D eigenvalue weighted by Gasteiger charge is -2.27. The number of hydrogen-bond acceptors (Lipinski definition) is 2. The molecular weight excluding hydrogens is 262 g/mol. The average molecular weight is 291 g/mol. The second-order valence-corrected chi connectivity index (χ2v) is 5.84. The number of nitrogens with one attached hydrogen (secondary N) is 1. The minimum atomic E-state index is -0.0327. The molecule has 1 unspecified atom stereocenters. The van der Waals surface area contributed by atoms with Crippen LogP contribution >= 0.6 is 0 Å². The van der Waals surface area contributed by atoms with Gasteiger partial charge in [0.2, 0.25) is 0 Å². The summed E-state index contributed by atoms with van der Waals surface area (Å²) in [5.41, 5.74) is 7.70. The van der Waals surface area contributed by atoms with Crippen LogP contribution in [0.15, 0.2) is 24.3 Å². The summed E-state index contributed by atoms with van der Waals surface area (Å²) in [6, 6.07) is 7.90. The summed E-state index contributed by atoms with van der Waals surface area (Å²) in [5, 5.41) is 2.96. The molecule has 4 heteroatoms. The second kappa shape index (κ2) is 8.67. The van der Waals surface area contributed by atoms with Crippen molar-refractivity contribution in [2.24, 2.45) is 5.73 Å². The minimum Gasteiger partial charge on any atom is -0.324 e. The van der Waals surface area contributed by atoms with Gasteiger partial charge in [0.1, 0.15) is 0 Å². The Morgan fingerprint density at radius 2 is 1.81 bits per heavy atom. The van der Waals surface area contributed by atoms with Crippen molar-refractivity contribution in [2.45, 2.75) is 59.0 Å². The SMILES string of the molecule is CCCCCN(C(=O)Nc1ccc(C(C)N)cc1)C(C)C. The number of benzene rings is 1. The Hall–Kier alpha value is -1.55. The highest BCUT2D eigenvalue weighted by molar-refractivity contribution is 5.89. The van der Waals surface area contributed by atoms with Crippen LogP contribution in [0.5, 0.6) is 0 Å². The summed E-state index contributed by atoms with van der Waals surface area (Å²) >= 11 is 0. The second-order valence-electron chi connectivity index (χ2n) is 5.84. The minimum absolute atomic E-state index is 0.0101. The van der Waals surface area contributed by atoms with Gasteiger partial charge in [-0.05, 0) is 44.9 Å². The highest BCUT2D eigenvalue weighted by Gasteiger charge is 2.16. The number of amides is 2. The van der Waals surface area contributed by atoms with Gasteiger partial charge in [-0.25, -0.2) is 4.79 Å². The topological polar surface area (TPSA) is 58.4 Å². The van der Waals surface area contributed by atoms with Gasteiger partial charge in [-0.1, -0.05) is 31.9 Å². The molecule has 1 aromatic rings. The van der Waals surface area contributed by atoms with E-state index in [1.54, 1.807) is 0 Å². The van der Waals surface area contributed by atoms with E-state index in [1.165, 1.54) is 0 Å². The van der Waals surface area contributed by atoms with E-state index in [1.807, 2.05) is 49.9 Å². The Labute approximate surface area is 128 Å². The number of carbonyl (C=O) groups is 1. The van der Waals surface area contributed by atoms with E-state index in [2.05, 4.69) is 12.2 Å². The standard InChI is InChI=1S/C17H29N3O/c1-5-6-7-12-20(13(2)3)17(21)19-16-10-8-15(9-11-16)14(4)18/h8-11,13-14H,5-7,12,18H2,1-4H3,(H,19,21). The molecule has 2 amide bonds. The molecule has 0 saturated carbocycles. The van der Waals surface area contributed by atoms with Crippen LogP contribution in [0.2, 0.25) is 0 Å². The number of urea groups is 1. The normalized spacial score (nSPS) is 12.3. The van der Waals surface area contributed by atoms with Gasteiger partial charge in [0, 0.05) is 24.3 Å². The van der Waals surface area contributed by atoms with Gasteiger partial charge in [-0.15, -0.1) is 0 Å². The molecule has 1 rings (SSSR count). The van der Waals surface area contributed by atoms with Crippen molar-refractivity contribution in [2.75, 3.05) is 11.9 Å². The van der Waals surface area contributed by atoms with Crippen molar-refractivity contribution < 1.29 is 4.79 Å². The summed E-state index contributed by atoms with van der Waals surface area (Å²) < 4.78 is 0. The van der Waals surface area contributed by atoms with Crippen molar-refractivity contribution in [3.05, 3.63) is 29.8 Å². The Morgan fingerprint density at radius 3 is 2.29 bits per heavy atom. The van der Waals surface area contributed by atoms with Crippen LogP contribution in [0.1, 0.15) is 58.6 Å². The molecule has 1 aromatic carbocycles. The first-order valence-electron chi connectivity index (χ1n) is 7.88. The summed E-state index contributed by atoms with van der Waals surface area (Å²) in [5.74, 6) is 0. The quantitative estimate of drug-likeness (QED) is 0.742. The van der Waals surface area contributed by atoms with Gasteiger partial charge in [-0.2, -0.15) is 0 Å². The van der Waals surface area contributed by atoms with Gasteiger partial charge >= 0.3 is 6.03 Å². The van der Waals surface area contributed by atoms with Crippen LogP contribution < -0.4 is 11.1 Å². The van der Waals surface area contributed by atoms with Crippen molar-refractivity contribution in [1.29, 1.82) is 0 Å². The number of unbranched alkanes of at least 4 members (excludes halogenated alkanes) is 2. The van der Waals surface area contributed by atoms with E-state index in [-0.39, 0.29) is 18.1 Å². The third kappa shape index (κ3) is 5.76. The predicted molar refractivity (Wildman–Crippen MR) is 89.4 cm³/mol. The zero-order valence-electron chi connectivity index (χ0n) is 13.7. The molecule has 0 radical (unpaired) electrons. The van der Waals surface area contributed by atoms with Gasteiger partial charge in [0.15, 0.2) is 0 Å². The van der Waals surface area contributed by atoms with E-state index in [4.69, 9.17) is 5.73 Å². The molecule has 0 aliphatic carbocycles. The molecule has 1 atom stereocenters. The molecule has 0 bridgehead atoms. The van der Waals surface area contributed by atoms with E-state index >= 15 is 0 Å². The average Bonchev–Trinajstić information content (AvgIpc) is 2.43. The maximum Gasteiger partial charge on any atom is 0.322 e. The molecule has 0 aliphatic heterocycles. The maximum absolute atomic E-state index is 12.4. The first kappa shape index (κ1) is 17.5. The summed E-state index contributed by atoms with van der Waals surface area (Å²) in [6.07, 6.45) is 3.36. The van der Waals surface area contributed by atoms with Crippen molar-refractivity contribution in [1.82, 2.24) is 4.90 Å². The van der Waals surface area contributed by atoms with Crippen LogP contribution in [0.3, 0.4) is 0 Å². The van der Waals surface area contributed by atoms with E-state index in [0.717, 1.165) is 37.1 Å². The molecule has 21 heavy (non-hydrogen) atoms. The number of hydrogen-bond donors (Lipinski definition) is 2. The molecule has 0 heterocycles. The van der Waals surface area contributed by atoms with Crippen LogP contribution in [0, 0.1) is 0 Å². The lowest BCUT2D eigenvalue weighted by Crippen LogP contribution is -2.40. The number of anilines is 1. The van der Waals surface area contributed by atoms with E-state index in [0.29, 0.717) is 0 Å². The third-order valence-corrected chi connectivity index (χ3v) is 3.57. The van der Waals surface area contributed by atoms with Crippen LogP contribution in [0.4, 0.5) is 10.5 Å². The molecule has 0 saturated heterocycles. The third-order valence-electron chi connectivity index (χ3n) is 3.57. The molecule has 4 nitrogen and oxygen atoms in total. The monoisotopic (exact) mass is 291 g/mol. The summed E-state index contributed by atoms with van der Waals surface area (Å²) in [6.45, 7) is 9.01. The highest BCUT2D eigenvalue weighted by Crippen LogP contribution is 2.15. The van der Waals surface area contributed by atoms with Gasteiger partial charge < -0.3 is 16.0 Å². The number of rotatable bonds is 7. The number of nitrogens with two attached hydrogens (primary N) is 1. The zero-order valence-corrected chi connectivity index (χ0v) is 13.7. The van der Waals surface area contributed by atoms with Crippen LogP contribution in [0.25, 0.3) is 0 Å². The number of nitrogens with zero attached hydrogens (tertiary/aromatic N) is 1. The number of carbonyl (C=O) groups excluding carboxylic acids is 1. The maximum atomic E-state index is 12.4. The Morgan fingerprint density at radius 1 is 1.19 bits per heavy atom. The molecule has 0 fully saturated rings. The largest absolute Gasteiger partial charge is 0.324 e. The lowest BCUT2D eigenvalue weighted by molar-refractivity contribution is 0.195. The molecular formula is C17H29N3O. The fourth-order valence-electron chi connectivity index (χ4n) is 2.19. The van der Waals surface area contributed by atoms with Crippen LogP contribution in [-0.4, -0.2) is 23.5 Å². The smallest absolute Gasteiger partial charge is 0.322 e. The fraction of sp³-hybridized carbons (Fsp3) is 0.588. The lowest BCUT2D eigenvalue weighted by atomic mass is 10.1. The summed E-state index contributed by atoms with van der Waals surface area (Å²) in [7, 11) is 0. The van der Waals surface area contributed by atoms with Gasteiger partial charge in [0.05, 0.1) is 0 Å². The van der Waals surface area contributed by atoms with Gasteiger partial charge in [0.25, 0.3) is 0 Å². The Kier molecular flexibility index (Phi) is 7.23. The first-order chi connectivity index (χ1) is 9.95.